The van der Waals surface area contributed by atoms with Crippen LogP contribution in [0, 0.1) is 0 Å². The van der Waals surface area contributed by atoms with E-state index in [1.54, 1.807) is 12.1 Å². The van der Waals surface area contributed by atoms with Crippen molar-refractivity contribution in [1.29, 1.82) is 0 Å². The molecule has 0 bridgehead atoms. The number of rotatable bonds is 4. The normalized spacial score (nSPS) is 17.3. The molecule has 1 amide bonds. The molecule has 0 aliphatic carbocycles. The van der Waals surface area contributed by atoms with Crippen molar-refractivity contribution in [2.75, 3.05) is 6.61 Å². The molecular weight excluding hydrogens is 250 g/mol. The van der Waals surface area contributed by atoms with E-state index in [4.69, 9.17) is 10.5 Å². The highest BCUT2D eigenvalue weighted by Gasteiger charge is 2.24. The molecule has 0 aromatic heterocycles. The number of amides is 1. The van der Waals surface area contributed by atoms with Crippen molar-refractivity contribution in [2.45, 2.75) is 25.0 Å². The topological polar surface area (TPSA) is 110 Å². The van der Waals surface area contributed by atoms with Crippen LogP contribution in [0.25, 0.3) is 0 Å². The lowest BCUT2D eigenvalue weighted by Gasteiger charge is -2.20. The number of ketones is 1. The Balaban J connectivity index is 2.23. The van der Waals surface area contributed by atoms with Gasteiger partial charge in [0.25, 0.3) is 0 Å². The van der Waals surface area contributed by atoms with Crippen LogP contribution in [0.1, 0.15) is 34.9 Å². The number of hydrogen-bond acceptors (Lipinski definition) is 5. The van der Waals surface area contributed by atoms with Gasteiger partial charge in [0, 0.05) is 6.42 Å². The van der Waals surface area contributed by atoms with Crippen LogP contribution in [0.2, 0.25) is 0 Å². The smallest absolute Gasteiger partial charge is 0.220 e. The average molecular weight is 265 g/mol. The Morgan fingerprint density at radius 3 is 2.84 bits per heavy atom. The first-order valence-electron chi connectivity index (χ1n) is 5.93. The molecule has 19 heavy (non-hydrogen) atoms. The Morgan fingerprint density at radius 1 is 1.42 bits per heavy atom. The fourth-order valence-electron chi connectivity index (χ4n) is 2.00. The largest absolute Gasteiger partial charge is 0.492 e. The van der Waals surface area contributed by atoms with Crippen molar-refractivity contribution in [2.24, 2.45) is 5.73 Å². The molecule has 0 saturated heterocycles. The zero-order chi connectivity index (χ0) is 14.0. The maximum Gasteiger partial charge on any atom is 0.220 e. The van der Waals surface area contributed by atoms with Crippen molar-refractivity contribution in [3.8, 4) is 5.75 Å². The minimum Gasteiger partial charge on any atom is -0.492 e. The Kier molecular flexibility index (Phi) is 3.82. The number of Topliss-reactive ketones (excluding diaryl/α,β-unsaturated/α-hetero) is 1. The summed E-state index contributed by atoms with van der Waals surface area (Å²) in [6, 6.07) is 4.60. The third-order valence-electron chi connectivity index (χ3n) is 3.01. The highest BCUT2D eigenvalue weighted by molar-refractivity contribution is 5.99. The van der Waals surface area contributed by atoms with Crippen LogP contribution in [-0.4, -0.2) is 34.6 Å². The number of nitrogens with two attached hydrogens (primary N) is 1. The van der Waals surface area contributed by atoms with E-state index >= 15 is 0 Å². The molecule has 0 saturated carbocycles. The van der Waals surface area contributed by atoms with Gasteiger partial charge in [-0.15, -0.1) is 0 Å². The van der Waals surface area contributed by atoms with Crippen LogP contribution in [0.5, 0.6) is 5.75 Å². The van der Waals surface area contributed by atoms with Gasteiger partial charge in [-0.1, -0.05) is 6.07 Å². The van der Waals surface area contributed by atoms with Gasteiger partial charge in [-0.05, 0) is 17.7 Å². The second-order valence-corrected chi connectivity index (χ2v) is 4.46. The lowest BCUT2D eigenvalue weighted by Crippen LogP contribution is -2.26. The molecule has 0 fully saturated rings. The van der Waals surface area contributed by atoms with E-state index < -0.39 is 18.1 Å². The highest BCUT2D eigenvalue weighted by atomic mass is 16.5. The summed E-state index contributed by atoms with van der Waals surface area (Å²) >= 11 is 0. The summed E-state index contributed by atoms with van der Waals surface area (Å²) in [5.74, 6) is -0.305. The van der Waals surface area contributed by atoms with Gasteiger partial charge >= 0.3 is 0 Å². The van der Waals surface area contributed by atoms with Crippen molar-refractivity contribution < 1.29 is 24.5 Å². The number of primary amides is 1. The quantitative estimate of drug-likeness (QED) is 0.705. The predicted octanol–water partition coefficient (Wildman–Crippen LogP) is -0.0785. The first-order chi connectivity index (χ1) is 8.99. The van der Waals surface area contributed by atoms with Gasteiger partial charge in [-0.25, -0.2) is 0 Å². The fraction of sp³-hybridized carbons (Fsp3) is 0.385. The maximum atomic E-state index is 11.7. The number of aliphatic hydroxyl groups excluding tert-OH is 2. The van der Waals surface area contributed by atoms with E-state index in [9.17, 15) is 19.8 Å². The summed E-state index contributed by atoms with van der Waals surface area (Å²) in [4.78, 5) is 22.4. The first-order valence-corrected chi connectivity index (χ1v) is 5.93. The van der Waals surface area contributed by atoms with E-state index in [-0.39, 0.29) is 18.6 Å². The lowest BCUT2D eigenvalue weighted by atomic mass is 9.96. The second-order valence-electron chi connectivity index (χ2n) is 4.46. The molecule has 2 atom stereocenters. The van der Waals surface area contributed by atoms with Gasteiger partial charge in [-0.2, -0.15) is 0 Å². The summed E-state index contributed by atoms with van der Waals surface area (Å²) < 4.78 is 5.31. The molecule has 2 rings (SSSR count). The van der Waals surface area contributed by atoms with Crippen LogP contribution in [0.3, 0.4) is 0 Å². The highest BCUT2D eigenvalue weighted by Crippen LogP contribution is 2.29. The lowest BCUT2D eigenvalue weighted by molar-refractivity contribution is -0.121. The molecule has 6 nitrogen and oxygen atoms in total. The first kappa shape index (κ1) is 13.5. The van der Waals surface area contributed by atoms with Crippen LogP contribution < -0.4 is 10.5 Å². The van der Waals surface area contributed by atoms with Gasteiger partial charge in [0.2, 0.25) is 5.91 Å². The third-order valence-corrected chi connectivity index (χ3v) is 3.01. The number of benzene rings is 1. The van der Waals surface area contributed by atoms with E-state index in [2.05, 4.69) is 0 Å². The van der Waals surface area contributed by atoms with Crippen molar-refractivity contribution in [3.05, 3.63) is 29.3 Å². The molecule has 1 aliphatic rings. The van der Waals surface area contributed by atoms with Gasteiger partial charge in [-0.3, -0.25) is 9.59 Å². The molecule has 0 radical (unpaired) electrons. The Morgan fingerprint density at radius 2 is 2.16 bits per heavy atom. The molecular formula is C13H15NO5. The van der Waals surface area contributed by atoms with E-state index in [1.807, 2.05) is 0 Å². The van der Waals surface area contributed by atoms with Crippen LogP contribution >= 0.6 is 0 Å². The number of ether oxygens (including phenoxy) is 1. The molecule has 4 N–H and O–H groups in total. The van der Waals surface area contributed by atoms with Gasteiger partial charge in [0.1, 0.15) is 11.9 Å². The number of hydrogen-bond donors (Lipinski definition) is 3. The summed E-state index contributed by atoms with van der Waals surface area (Å²) in [6.45, 7) is 0.345. The van der Waals surface area contributed by atoms with E-state index in [1.165, 1.54) is 6.07 Å². The molecule has 102 valence electrons. The fourth-order valence-corrected chi connectivity index (χ4v) is 2.00. The van der Waals surface area contributed by atoms with Gasteiger partial charge in [0.05, 0.1) is 24.7 Å². The van der Waals surface area contributed by atoms with Crippen molar-refractivity contribution in [1.82, 2.24) is 0 Å². The van der Waals surface area contributed by atoms with Crippen LogP contribution in [0.4, 0.5) is 0 Å². The SMILES string of the molecule is NC(=O)CC(O)C(O)c1ccc2c(c1)C(=O)CCO2. The number of carbonyl (C=O) groups excluding carboxylic acids is 2. The minimum absolute atomic E-state index is 0.0697. The summed E-state index contributed by atoms with van der Waals surface area (Å²) in [5.41, 5.74) is 5.69. The van der Waals surface area contributed by atoms with Gasteiger partial charge in [0.15, 0.2) is 5.78 Å². The molecule has 1 aliphatic heterocycles. The molecule has 1 aromatic rings. The second kappa shape index (κ2) is 5.38. The maximum absolute atomic E-state index is 11.7. The van der Waals surface area contributed by atoms with Gasteiger partial charge < -0.3 is 20.7 Å². The van der Waals surface area contributed by atoms with Crippen LogP contribution in [0.15, 0.2) is 18.2 Å². The Bertz CT molecular complexity index is 514. The molecule has 6 heteroatoms. The van der Waals surface area contributed by atoms with Crippen molar-refractivity contribution in [3.63, 3.8) is 0 Å². The van der Waals surface area contributed by atoms with E-state index in [0.29, 0.717) is 23.5 Å². The molecule has 0 spiro atoms. The standard InChI is InChI=1S/C13H15NO5/c14-12(17)6-10(16)13(18)7-1-2-11-8(5-7)9(15)3-4-19-11/h1-2,5,10,13,16,18H,3-4,6H2,(H2,14,17). The average Bonchev–Trinajstić information content (AvgIpc) is 2.37. The third kappa shape index (κ3) is 2.91. The van der Waals surface area contributed by atoms with E-state index in [0.717, 1.165) is 0 Å². The number of carbonyl (C=O) groups is 2. The van der Waals surface area contributed by atoms with Crippen molar-refractivity contribution >= 4 is 11.7 Å². The predicted molar refractivity (Wildman–Crippen MR) is 65.7 cm³/mol. The summed E-state index contributed by atoms with van der Waals surface area (Å²) in [5, 5.41) is 19.6. The summed E-state index contributed by atoms with van der Waals surface area (Å²) in [6.07, 6.45) is -2.62. The number of fused-ring (bicyclic) bond motifs is 1. The van der Waals surface area contributed by atoms with Crippen LogP contribution in [-0.2, 0) is 4.79 Å². The zero-order valence-corrected chi connectivity index (χ0v) is 10.2. The zero-order valence-electron chi connectivity index (χ0n) is 10.2. The molecule has 2 unspecified atom stereocenters. The summed E-state index contributed by atoms with van der Waals surface area (Å²) in [7, 11) is 0. The Labute approximate surface area is 109 Å². The molecule has 1 aromatic carbocycles. The monoisotopic (exact) mass is 265 g/mol. The Hall–Kier alpha value is -1.92. The number of aliphatic hydroxyl groups is 2. The molecule has 1 heterocycles. The minimum atomic E-state index is -1.30.